The van der Waals surface area contributed by atoms with Gasteiger partial charge in [0.25, 0.3) is 0 Å². The maximum Gasteiger partial charge on any atom is 0.132 e. The van der Waals surface area contributed by atoms with Gasteiger partial charge in [0.05, 0.1) is 0 Å². The molecule has 1 aliphatic rings. The predicted molar refractivity (Wildman–Crippen MR) is 57.6 cm³/mol. The van der Waals surface area contributed by atoms with Crippen LogP contribution in [0.2, 0.25) is 0 Å². The lowest BCUT2D eigenvalue weighted by atomic mass is 10.4. The zero-order valence-electron chi connectivity index (χ0n) is 7.50. The largest absolute Gasteiger partial charge is 0.300 e. The van der Waals surface area contributed by atoms with Crippen LogP contribution in [0, 0.1) is 0 Å². The van der Waals surface area contributed by atoms with Crippen LogP contribution in [0.4, 0.5) is 0 Å². The van der Waals surface area contributed by atoms with Crippen molar-refractivity contribution in [2.75, 3.05) is 0 Å². The monoisotopic (exact) mass is 240 g/mol. The Balaban J connectivity index is 0.000000132. The van der Waals surface area contributed by atoms with E-state index in [1.807, 2.05) is 30.3 Å². The highest BCUT2D eigenvalue weighted by Gasteiger charge is 2.07. The zero-order valence-corrected chi connectivity index (χ0v) is 9.09. The van der Waals surface area contributed by atoms with Gasteiger partial charge in [-0.05, 0) is 25.0 Å². The highest BCUT2D eigenvalue weighted by atomic mass is 79.9. The molecule has 2 heteroatoms. The second-order valence-electron chi connectivity index (χ2n) is 3.04. The van der Waals surface area contributed by atoms with Crippen molar-refractivity contribution in [1.82, 2.24) is 0 Å². The first kappa shape index (κ1) is 10.5. The number of hydrogen-bond donors (Lipinski definition) is 0. The molecule has 13 heavy (non-hydrogen) atoms. The minimum atomic E-state index is 0.454. The number of carbonyl (C=O) groups excluding carboxylic acids is 1. The first-order valence-electron chi connectivity index (χ1n) is 4.51. The third-order valence-corrected chi connectivity index (χ3v) is 2.42. The van der Waals surface area contributed by atoms with E-state index in [4.69, 9.17) is 0 Å². The van der Waals surface area contributed by atoms with Crippen molar-refractivity contribution < 1.29 is 4.79 Å². The summed E-state index contributed by atoms with van der Waals surface area (Å²) >= 11 is 3.31. The maximum atomic E-state index is 10.2. The summed E-state index contributed by atoms with van der Waals surface area (Å²) in [5.41, 5.74) is 0. The van der Waals surface area contributed by atoms with Crippen molar-refractivity contribution in [3.63, 3.8) is 0 Å². The van der Waals surface area contributed by atoms with Gasteiger partial charge >= 0.3 is 0 Å². The molecule has 0 heterocycles. The first-order valence-corrected chi connectivity index (χ1v) is 5.30. The lowest BCUT2D eigenvalue weighted by Crippen LogP contribution is -1.81. The van der Waals surface area contributed by atoms with Crippen LogP contribution >= 0.6 is 15.9 Å². The lowest BCUT2D eigenvalue weighted by Gasteiger charge is -1.80. The van der Waals surface area contributed by atoms with E-state index in [1.54, 1.807) is 0 Å². The second-order valence-corrected chi connectivity index (χ2v) is 3.96. The van der Waals surface area contributed by atoms with Crippen LogP contribution in [-0.2, 0) is 4.79 Å². The van der Waals surface area contributed by atoms with Crippen LogP contribution in [0.5, 0.6) is 0 Å². The molecule has 1 saturated carbocycles. The number of ketones is 1. The molecule has 1 aromatic carbocycles. The van der Waals surface area contributed by atoms with Crippen LogP contribution in [-0.4, -0.2) is 5.78 Å². The average molecular weight is 241 g/mol. The Hall–Kier alpha value is -0.630. The standard InChI is InChI=1S/C6H5Br.C5H8O/c7-6-4-2-1-3-5-6;6-5-3-1-2-4-5/h1-5H;1-4H2. The Kier molecular flexibility index (Phi) is 4.76. The van der Waals surface area contributed by atoms with Gasteiger partial charge in [0.1, 0.15) is 5.78 Å². The van der Waals surface area contributed by atoms with Crippen molar-refractivity contribution in [3.05, 3.63) is 34.8 Å². The van der Waals surface area contributed by atoms with Gasteiger partial charge in [-0.2, -0.15) is 0 Å². The van der Waals surface area contributed by atoms with Gasteiger partial charge in [0, 0.05) is 17.3 Å². The topological polar surface area (TPSA) is 17.1 Å². The van der Waals surface area contributed by atoms with E-state index < -0.39 is 0 Å². The summed E-state index contributed by atoms with van der Waals surface area (Å²) in [6, 6.07) is 9.97. The number of halogens is 1. The fraction of sp³-hybridized carbons (Fsp3) is 0.364. The normalized spacial score (nSPS) is 15.0. The van der Waals surface area contributed by atoms with Gasteiger partial charge in [0.2, 0.25) is 0 Å². The summed E-state index contributed by atoms with van der Waals surface area (Å²) in [4.78, 5) is 10.2. The lowest BCUT2D eigenvalue weighted by molar-refractivity contribution is -0.117. The molecule has 1 aromatic rings. The van der Waals surface area contributed by atoms with E-state index >= 15 is 0 Å². The van der Waals surface area contributed by atoms with Crippen molar-refractivity contribution in [3.8, 4) is 0 Å². The van der Waals surface area contributed by atoms with Crippen LogP contribution in [0.25, 0.3) is 0 Å². The van der Waals surface area contributed by atoms with Crippen molar-refractivity contribution in [2.24, 2.45) is 0 Å². The molecule has 0 radical (unpaired) electrons. The Bertz CT molecular complexity index is 248. The number of Topliss-reactive ketones (excluding diaryl/α,β-unsaturated/α-hetero) is 1. The number of benzene rings is 1. The molecule has 1 nitrogen and oxygen atoms in total. The van der Waals surface area contributed by atoms with E-state index in [1.165, 1.54) is 0 Å². The Morgan fingerprint density at radius 1 is 1.00 bits per heavy atom. The molecule has 0 aliphatic heterocycles. The smallest absolute Gasteiger partial charge is 0.132 e. The van der Waals surface area contributed by atoms with E-state index in [9.17, 15) is 4.79 Å². The molecular weight excluding hydrogens is 228 g/mol. The molecule has 2 rings (SSSR count). The van der Waals surface area contributed by atoms with Crippen LogP contribution in [0.15, 0.2) is 34.8 Å². The Labute approximate surface area is 87.3 Å². The van der Waals surface area contributed by atoms with E-state index in [-0.39, 0.29) is 0 Å². The minimum Gasteiger partial charge on any atom is -0.300 e. The molecule has 0 aromatic heterocycles. The minimum absolute atomic E-state index is 0.454. The molecule has 70 valence electrons. The van der Waals surface area contributed by atoms with Gasteiger partial charge in [-0.3, -0.25) is 4.79 Å². The second kappa shape index (κ2) is 5.92. The number of rotatable bonds is 0. The fourth-order valence-corrected chi connectivity index (χ4v) is 1.49. The molecule has 1 fully saturated rings. The highest BCUT2D eigenvalue weighted by molar-refractivity contribution is 9.10. The SMILES string of the molecule is Brc1ccccc1.O=C1CCCC1. The fourth-order valence-electron chi connectivity index (χ4n) is 1.18. The summed E-state index contributed by atoms with van der Waals surface area (Å²) in [7, 11) is 0. The maximum absolute atomic E-state index is 10.2. The summed E-state index contributed by atoms with van der Waals surface area (Å²) in [5, 5.41) is 0. The molecular formula is C11H13BrO. The molecule has 1 aliphatic carbocycles. The molecule has 0 unspecified atom stereocenters. The zero-order chi connectivity index (χ0) is 9.52. The van der Waals surface area contributed by atoms with E-state index in [0.29, 0.717) is 5.78 Å². The molecule has 0 atom stereocenters. The first-order chi connectivity index (χ1) is 6.29. The van der Waals surface area contributed by atoms with Gasteiger partial charge in [0.15, 0.2) is 0 Å². The number of hydrogen-bond acceptors (Lipinski definition) is 1. The molecule has 0 N–H and O–H groups in total. The Morgan fingerprint density at radius 2 is 1.54 bits per heavy atom. The summed E-state index contributed by atoms with van der Waals surface area (Å²) in [6.45, 7) is 0. The molecule has 0 saturated heterocycles. The van der Waals surface area contributed by atoms with E-state index in [0.717, 1.165) is 30.2 Å². The quantitative estimate of drug-likeness (QED) is 0.678. The third-order valence-electron chi connectivity index (χ3n) is 1.89. The van der Waals surface area contributed by atoms with E-state index in [2.05, 4.69) is 15.9 Å². The Morgan fingerprint density at radius 3 is 1.77 bits per heavy atom. The van der Waals surface area contributed by atoms with Crippen molar-refractivity contribution >= 4 is 21.7 Å². The molecule has 0 spiro atoms. The van der Waals surface area contributed by atoms with Gasteiger partial charge in [-0.1, -0.05) is 34.1 Å². The number of carbonyl (C=O) groups is 1. The van der Waals surface area contributed by atoms with Crippen molar-refractivity contribution in [1.29, 1.82) is 0 Å². The molecule has 0 bridgehead atoms. The predicted octanol–water partition coefficient (Wildman–Crippen LogP) is 3.58. The summed E-state index contributed by atoms with van der Waals surface area (Å²) in [5.74, 6) is 0.454. The van der Waals surface area contributed by atoms with Crippen LogP contribution in [0.1, 0.15) is 25.7 Å². The average Bonchev–Trinajstić information content (AvgIpc) is 2.58. The summed E-state index contributed by atoms with van der Waals surface area (Å²) < 4.78 is 1.13. The highest BCUT2D eigenvalue weighted by Crippen LogP contribution is 2.11. The third kappa shape index (κ3) is 4.83. The van der Waals surface area contributed by atoms with Gasteiger partial charge < -0.3 is 0 Å². The van der Waals surface area contributed by atoms with Gasteiger partial charge in [-0.15, -0.1) is 0 Å². The van der Waals surface area contributed by atoms with Gasteiger partial charge in [-0.25, -0.2) is 0 Å². The van der Waals surface area contributed by atoms with Crippen molar-refractivity contribution in [2.45, 2.75) is 25.7 Å². The van der Waals surface area contributed by atoms with Crippen LogP contribution < -0.4 is 0 Å². The molecule has 0 amide bonds. The summed E-state index contributed by atoms with van der Waals surface area (Å²) in [6.07, 6.45) is 3.97. The van der Waals surface area contributed by atoms with Crippen LogP contribution in [0.3, 0.4) is 0 Å².